The molecule has 1 aliphatic carbocycles. The highest BCUT2D eigenvalue weighted by atomic mass is 32.1. The molecule has 3 heteroatoms. The van der Waals surface area contributed by atoms with E-state index in [0.717, 1.165) is 19.4 Å². The van der Waals surface area contributed by atoms with E-state index in [1.807, 2.05) is 0 Å². The summed E-state index contributed by atoms with van der Waals surface area (Å²) in [5.41, 5.74) is 0.305. The third-order valence-corrected chi connectivity index (χ3v) is 5.70. The summed E-state index contributed by atoms with van der Waals surface area (Å²) in [6, 6.07) is 0. The van der Waals surface area contributed by atoms with Gasteiger partial charge in [0.2, 0.25) is 0 Å². The molecule has 1 heterocycles. The highest BCUT2D eigenvalue weighted by Crippen LogP contribution is 2.52. The molecule has 1 nitrogen and oxygen atoms in total. The topological polar surface area (TPSA) is 3.24 Å². The van der Waals surface area contributed by atoms with Crippen molar-refractivity contribution in [2.24, 2.45) is 17.3 Å². The van der Waals surface area contributed by atoms with E-state index in [9.17, 15) is 0 Å². The van der Waals surface area contributed by atoms with E-state index in [0.29, 0.717) is 17.3 Å². The molecule has 0 N–H and O–H groups in total. The molecular formula is C15H26BNS. The molecule has 0 amide bonds. The Morgan fingerprint density at radius 3 is 2.61 bits per heavy atom. The Balaban J connectivity index is 2.25. The zero-order valence-corrected chi connectivity index (χ0v) is 13.1. The average Bonchev–Trinajstić information content (AvgIpc) is 2.20. The second-order valence-electron chi connectivity index (χ2n) is 7.47. The van der Waals surface area contributed by atoms with Gasteiger partial charge in [-0.25, -0.2) is 0 Å². The Morgan fingerprint density at radius 2 is 1.94 bits per heavy atom. The normalized spacial score (nSPS) is 40.9. The zero-order valence-electron chi connectivity index (χ0n) is 12.3. The van der Waals surface area contributed by atoms with Crippen molar-refractivity contribution < 1.29 is 0 Å². The standard InChI is InChI=1S/C15H26BNS/c1-14(2)10-15(3,16)8-5-6-11-12(14)7-9-17(4)13(11)18/h11-12H,5-10H2,1-4H3. The van der Waals surface area contributed by atoms with Gasteiger partial charge in [-0.3, -0.25) is 0 Å². The molecule has 100 valence electrons. The molecule has 0 aromatic carbocycles. The van der Waals surface area contributed by atoms with E-state index in [-0.39, 0.29) is 5.31 Å². The summed E-state index contributed by atoms with van der Waals surface area (Å²) in [6.07, 6.45) is 5.96. The van der Waals surface area contributed by atoms with Crippen molar-refractivity contribution in [1.82, 2.24) is 4.90 Å². The molecule has 3 atom stereocenters. The molecule has 2 aliphatic rings. The van der Waals surface area contributed by atoms with Gasteiger partial charge in [-0.05, 0) is 24.2 Å². The molecule has 2 rings (SSSR count). The molecular weight excluding hydrogens is 237 g/mol. The van der Waals surface area contributed by atoms with Crippen LogP contribution in [0, 0.1) is 17.3 Å². The van der Waals surface area contributed by atoms with E-state index in [2.05, 4.69) is 32.7 Å². The quantitative estimate of drug-likeness (QED) is 0.482. The molecule has 2 fully saturated rings. The summed E-state index contributed by atoms with van der Waals surface area (Å²) in [6.45, 7) is 8.14. The van der Waals surface area contributed by atoms with Crippen molar-refractivity contribution in [3.63, 3.8) is 0 Å². The van der Waals surface area contributed by atoms with Gasteiger partial charge < -0.3 is 4.90 Å². The van der Waals surface area contributed by atoms with Crippen molar-refractivity contribution in [1.29, 1.82) is 0 Å². The van der Waals surface area contributed by atoms with Crippen molar-refractivity contribution in [3.05, 3.63) is 0 Å². The van der Waals surface area contributed by atoms with E-state index >= 15 is 0 Å². The summed E-state index contributed by atoms with van der Waals surface area (Å²) in [7, 11) is 8.61. The van der Waals surface area contributed by atoms with Crippen LogP contribution in [0.2, 0.25) is 5.31 Å². The fourth-order valence-electron chi connectivity index (χ4n) is 4.35. The number of fused-ring (bicyclic) bond motifs is 1. The van der Waals surface area contributed by atoms with Gasteiger partial charge in [0.1, 0.15) is 0 Å². The predicted molar refractivity (Wildman–Crippen MR) is 83.2 cm³/mol. The van der Waals surface area contributed by atoms with Gasteiger partial charge in [0.25, 0.3) is 0 Å². The maximum atomic E-state index is 6.46. The first-order chi connectivity index (χ1) is 8.23. The fourth-order valence-corrected chi connectivity index (χ4v) is 4.72. The van der Waals surface area contributed by atoms with Crippen LogP contribution in [-0.4, -0.2) is 31.3 Å². The molecule has 1 saturated heterocycles. The summed E-state index contributed by atoms with van der Waals surface area (Å²) in [5.74, 6) is 1.31. The molecule has 0 spiro atoms. The lowest BCUT2D eigenvalue weighted by Gasteiger charge is -2.50. The van der Waals surface area contributed by atoms with E-state index < -0.39 is 0 Å². The van der Waals surface area contributed by atoms with Gasteiger partial charge in [-0.1, -0.05) is 57.6 Å². The molecule has 2 radical (unpaired) electrons. The smallest absolute Gasteiger partial charge is 0.0811 e. The Morgan fingerprint density at radius 1 is 1.28 bits per heavy atom. The van der Waals surface area contributed by atoms with Crippen LogP contribution >= 0.6 is 12.2 Å². The maximum Gasteiger partial charge on any atom is 0.0811 e. The Kier molecular flexibility index (Phi) is 3.84. The minimum atomic E-state index is -0.000558. The number of hydrogen-bond acceptors (Lipinski definition) is 1. The van der Waals surface area contributed by atoms with Gasteiger partial charge in [-0.15, -0.1) is 0 Å². The summed E-state index contributed by atoms with van der Waals surface area (Å²) in [4.78, 5) is 3.48. The van der Waals surface area contributed by atoms with Crippen LogP contribution in [0.25, 0.3) is 0 Å². The lowest BCUT2D eigenvalue weighted by molar-refractivity contribution is 0.0836. The van der Waals surface area contributed by atoms with Crippen LogP contribution in [0.5, 0.6) is 0 Å². The Labute approximate surface area is 119 Å². The van der Waals surface area contributed by atoms with Gasteiger partial charge in [0, 0.05) is 19.5 Å². The van der Waals surface area contributed by atoms with Gasteiger partial charge in [-0.2, -0.15) is 0 Å². The second-order valence-corrected chi connectivity index (χ2v) is 7.89. The Bertz CT molecular complexity index is 337. The highest BCUT2D eigenvalue weighted by molar-refractivity contribution is 7.80. The third-order valence-electron chi connectivity index (χ3n) is 5.08. The number of hydrogen-bond donors (Lipinski definition) is 0. The number of nitrogens with zero attached hydrogens (tertiary/aromatic N) is 1. The SMILES string of the molecule is [B]C1(C)CCCC2C(=S)N(C)CCC2C(C)(C)C1. The van der Waals surface area contributed by atoms with Crippen molar-refractivity contribution in [2.45, 2.75) is 58.2 Å². The van der Waals surface area contributed by atoms with E-state index in [1.54, 1.807) is 0 Å². The average molecular weight is 263 g/mol. The maximum absolute atomic E-state index is 6.46. The van der Waals surface area contributed by atoms with Gasteiger partial charge in [0.05, 0.1) is 12.8 Å². The minimum Gasteiger partial charge on any atom is -0.369 e. The zero-order chi connectivity index (χ0) is 13.6. The molecule has 3 unspecified atom stereocenters. The number of likely N-dealkylation sites (tertiary alicyclic amines) is 1. The van der Waals surface area contributed by atoms with Gasteiger partial charge in [0.15, 0.2) is 0 Å². The first-order valence-electron chi connectivity index (χ1n) is 7.27. The molecule has 18 heavy (non-hydrogen) atoms. The third kappa shape index (κ3) is 2.76. The van der Waals surface area contributed by atoms with Crippen LogP contribution in [0.4, 0.5) is 0 Å². The highest BCUT2D eigenvalue weighted by Gasteiger charge is 2.44. The minimum absolute atomic E-state index is 0.000558. The Hall–Kier alpha value is -0.0451. The van der Waals surface area contributed by atoms with Gasteiger partial charge >= 0.3 is 0 Å². The number of piperidine rings is 1. The van der Waals surface area contributed by atoms with Crippen LogP contribution < -0.4 is 0 Å². The van der Waals surface area contributed by atoms with E-state index in [4.69, 9.17) is 20.1 Å². The summed E-state index contributed by atoms with van der Waals surface area (Å²) in [5, 5.41) is -0.000558. The van der Waals surface area contributed by atoms with Crippen LogP contribution in [-0.2, 0) is 0 Å². The second kappa shape index (κ2) is 4.81. The number of rotatable bonds is 0. The lowest BCUT2D eigenvalue weighted by atomic mass is 9.53. The largest absolute Gasteiger partial charge is 0.369 e. The predicted octanol–water partition coefficient (Wildman–Crippen LogP) is 3.83. The van der Waals surface area contributed by atoms with Crippen molar-refractivity contribution in [2.75, 3.05) is 13.6 Å². The van der Waals surface area contributed by atoms with Crippen LogP contribution in [0.15, 0.2) is 0 Å². The molecule has 1 aliphatic heterocycles. The molecule has 0 aromatic rings. The molecule has 0 bridgehead atoms. The fraction of sp³-hybridized carbons (Fsp3) is 0.933. The summed E-state index contributed by atoms with van der Waals surface area (Å²) >= 11 is 5.69. The van der Waals surface area contributed by atoms with Crippen LogP contribution in [0.3, 0.4) is 0 Å². The lowest BCUT2D eigenvalue weighted by Crippen LogP contribution is -2.48. The first-order valence-corrected chi connectivity index (χ1v) is 7.68. The molecule has 0 aromatic heterocycles. The van der Waals surface area contributed by atoms with Crippen molar-refractivity contribution >= 4 is 25.1 Å². The monoisotopic (exact) mass is 263 g/mol. The van der Waals surface area contributed by atoms with Crippen LogP contribution in [0.1, 0.15) is 52.9 Å². The van der Waals surface area contributed by atoms with Crippen molar-refractivity contribution in [3.8, 4) is 0 Å². The summed E-state index contributed by atoms with van der Waals surface area (Å²) < 4.78 is 0. The number of thiocarbonyl (C=S) groups is 1. The van der Waals surface area contributed by atoms with E-state index in [1.165, 1.54) is 24.3 Å². The first kappa shape index (κ1) is 14.4. The molecule has 1 saturated carbocycles.